The van der Waals surface area contributed by atoms with Crippen molar-refractivity contribution in [2.24, 2.45) is 5.10 Å². The second-order valence-electron chi connectivity index (χ2n) is 8.03. The number of carbonyl (C=O) groups excluding carboxylic acids is 3. The molecule has 0 spiro atoms. The first-order chi connectivity index (χ1) is 19.0. The molecule has 0 radical (unpaired) electrons. The minimum Gasteiger partial charge on any atom is -0.422 e. The van der Waals surface area contributed by atoms with Gasteiger partial charge in [-0.1, -0.05) is 83.6 Å². The first-order valence-corrected chi connectivity index (χ1v) is 12.7. The van der Waals surface area contributed by atoms with E-state index in [1.807, 2.05) is 54.6 Å². The second kappa shape index (κ2) is 11.6. The summed E-state index contributed by atoms with van der Waals surface area (Å²) >= 11 is 7.04. The Morgan fingerprint density at radius 2 is 1.59 bits per heavy atom. The number of anilines is 1. The molecule has 0 bridgehead atoms. The number of nitrogens with one attached hydrogen (secondary N) is 2. The molecule has 39 heavy (non-hydrogen) atoms. The summed E-state index contributed by atoms with van der Waals surface area (Å²) in [5.74, 6) is -2.34. The van der Waals surface area contributed by atoms with E-state index in [9.17, 15) is 14.4 Å². The highest BCUT2D eigenvalue weighted by Gasteiger charge is 2.17. The maximum atomic E-state index is 12.7. The molecule has 0 aliphatic rings. The quantitative estimate of drug-likeness (QED) is 0.0961. The predicted molar refractivity (Wildman–Crippen MR) is 150 cm³/mol. The van der Waals surface area contributed by atoms with Gasteiger partial charge in [0, 0.05) is 16.1 Å². The number of carbonyl (C=O) groups is 3. The summed E-state index contributed by atoms with van der Waals surface area (Å²) in [4.78, 5) is 37.5. The Labute approximate surface area is 231 Å². The SMILES string of the molecule is O=C(N/N=C\c1c(OC(=O)c2ccc(Cl)cc2)ccc2ccccc12)C(=O)Nc1nnc(-c2ccccc2)s1. The highest BCUT2D eigenvalue weighted by Crippen LogP contribution is 2.28. The molecule has 5 aromatic rings. The van der Waals surface area contributed by atoms with Crippen LogP contribution < -0.4 is 15.5 Å². The van der Waals surface area contributed by atoms with Gasteiger partial charge in [-0.05, 0) is 41.1 Å². The summed E-state index contributed by atoms with van der Waals surface area (Å²) in [5.41, 5.74) is 3.78. The average Bonchev–Trinajstić information content (AvgIpc) is 3.43. The van der Waals surface area contributed by atoms with Crippen molar-refractivity contribution in [3.8, 4) is 16.3 Å². The molecule has 192 valence electrons. The Morgan fingerprint density at radius 3 is 2.38 bits per heavy atom. The lowest BCUT2D eigenvalue weighted by Gasteiger charge is -2.10. The summed E-state index contributed by atoms with van der Waals surface area (Å²) in [6.45, 7) is 0. The van der Waals surface area contributed by atoms with Crippen molar-refractivity contribution in [1.82, 2.24) is 15.6 Å². The van der Waals surface area contributed by atoms with E-state index < -0.39 is 17.8 Å². The molecule has 1 aromatic heterocycles. The number of aromatic nitrogens is 2. The molecule has 0 aliphatic carbocycles. The van der Waals surface area contributed by atoms with E-state index >= 15 is 0 Å². The van der Waals surface area contributed by atoms with Gasteiger partial charge in [0.25, 0.3) is 0 Å². The van der Waals surface area contributed by atoms with Crippen molar-refractivity contribution >= 4 is 62.8 Å². The molecule has 4 aromatic carbocycles. The van der Waals surface area contributed by atoms with Crippen molar-refractivity contribution in [2.45, 2.75) is 0 Å². The minimum absolute atomic E-state index is 0.170. The molecule has 0 saturated heterocycles. The Bertz CT molecular complexity index is 1700. The van der Waals surface area contributed by atoms with Gasteiger partial charge in [-0.3, -0.25) is 14.9 Å². The topological polar surface area (TPSA) is 123 Å². The van der Waals surface area contributed by atoms with Crippen molar-refractivity contribution < 1.29 is 19.1 Å². The average molecular weight is 556 g/mol. The van der Waals surface area contributed by atoms with Crippen LogP contribution in [0.15, 0.2) is 96.1 Å². The Balaban J connectivity index is 1.30. The van der Waals surface area contributed by atoms with Crippen molar-refractivity contribution in [3.63, 3.8) is 0 Å². The van der Waals surface area contributed by atoms with Gasteiger partial charge in [-0.2, -0.15) is 5.10 Å². The first kappa shape index (κ1) is 25.7. The molecule has 5 rings (SSSR count). The van der Waals surface area contributed by atoms with Crippen LogP contribution in [0.5, 0.6) is 5.75 Å². The highest BCUT2D eigenvalue weighted by molar-refractivity contribution is 7.18. The van der Waals surface area contributed by atoms with Crippen LogP contribution in [0.3, 0.4) is 0 Å². The fourth-order valence-electron chi connectivity index (χ4n) is 3.57. The lowest BCUT2D eigenvalue weighted by molar-refractivity contribution is -0.136. The highest BCUT2D eigenvalue weighted by atomic mass is 35.5. The number of ether oxygens (including phenoxy) is 1. The Kier molecular flexibility index (Phi) is 7.67. The van der Waals surface area contributed by atoms with E-state index in [2.05, 4.69) is 26.0 Å². The fraction of sp³-hybridized carbons (Fsp3) is 0. The van der Waals surface area contributed by atoms with Crippen LogP contribution in [0.1, 0.15) is 15.9 Å². The summed E-state index contributed by atoms with van der Waals surface area (Å²) in [5, 5.41) is 17.1. The summed E-state index contributed by atoms with van der Waals surface area (Å²) in [7, 11) is 0. The molecule has 1 heterocycles. The van der Waals surface area contributed by atoms with Gasteiger partial charge < -0.3 is 4.74 Å². The molecule has 2 amide bonds. The van der Waals surface area contributed by atoms with Crippen LogP contribution in [0.2, 0.25) is 5.02 Å². The van der Waals surface area contributed by atoms with Crippen LogP contribution in [-0.2, 0) is 9.59 Å². The lowest BCUT2D eigenvalue weighted by atomic mass is 10.0. The normalized spacial score (nSPS) is 10.9. The molecular formula is C28H18ClN5O4S. The smallest absolute Gasteiger partial charge is 0.343 e. The zero-order valence-corrected chi connectivity index (χ0v) is 21.6. The Morgan fingerprint density at radius 1 is 0.846 bits per heavy atom. The second-order valence-corrected chi connectivity index (χ2v) is 9.44. The number of fused-ring (bicyclic) bond motifs is 1. The molecule has 0 saturated carbocycles. The van der Waals surface area contributed by atoms with Crippen LogP contribution in [0.4, 0.5) is 5.13 Å². The number of halogens is 1. The predicted octanol–water partition coefficient (Wildman–Crippen LogP) is 5.32. The molecule has 9 nitrogen and oxygen atoms in total. The number of hydrogen-bond acceptors (Lipinski definition) is 8. The van der Waals surface area contributed by atoms with E-state index in [0.717, 1.165) is 27.7 Å². The van der Waals surface area contributed by atoms with E-state index in [0.29, 0.717) is 21.2 Å². The van der Waals surface area contributed by atoms with Crippen LogP contribution in [0.25, 0.3) is 21.3 Å². The van der Waals surface area contributed by atoms with Gasteiger partial charge in [0.05, 0.1) is 11.8 Å². The third kappa shape index (κ3) is 6.15. The van der Waals surface area contributed by atoms with Gasteiger partial charge >= 0.3 is 17.8 Å². The van der Waals surface area contributed by atoms with Crippen molar-refractivity contribution in [3.05, 3.63) is 107 Å². The van der Waals surface area contributed by atoms with Gasteiger partial charge in [-0.15, -0.1) is 10.2 Å². The molecule has 0 aliphatic heterocycles. The largest absolute Gasteiger partial charge is 0.422 e. The monoisotopic (exact) mass is 555 g/mol. The zero-order valence-electron chi connectivity index (χ0n) is 20.0. The summed E-state index contributed by atoms with van der Waals surface area (Å²) in [6.07, 6.45) is 1.32. The minimum atomic E-state index is -1.01. The van der Waals surface area contributed by atoms with Crippen LogP contribution in [0, 0.1) is 0 Å². The third-order valence-electron chi connectivity index (χ3n) is 5.45. The first-order valence-electron chi connectivity index (χ1n) is 11.5. The van der Waals surface area contributed by atoms with Gasteiger partial charge in [0.15, 0.2) is 0 Å². The number of rotatable bonds is 6. The molecule has 2 N–H and O–H groups in total. The molecule has 0 unspecified atom stereocenters. The van der Waals surface area contributed by atoms with Crippen LogP contribution in [-0.4, -0.2) is 34.2 Å². The number of hydrogen-bond donors (Lipinski definition) is 2. The van der Waals surface area contributed by atoms with E-state index in [-0.39, 0.29) is 10.9 Å². The van der Waals surface area contributed by atoms with E-state index in [1.54, 1.807) is 36.4 Å². The van der Waals surface area contributed by atoms with Gasteiger partial charge in [0.2, 0.25) is 5.13 Å². The molecule has 11 heteroatoms. The number of esters is 1. The maximum Gasteiger partial charge on any atom is 0.343 e. The molecular weight excluding hydrogens is 538 g/mol. The van der Waals surface area contributed by atoms with Crippen LogP contribution >= 0.6 is 22.9 Å². The van der Waals surface area contributed by atoms with E-state index in [1.165, 1.54) is 6.21 Å². The van der Waals surface area contributed by atoms with Gasteiger partial charge in [-0.25, -0.2) is 10.2 Å². The summed E-state index contributed by atoms with van der Waals surface area (Å²) in [6, 6.07) is 26.4. The number of nitrogens with zero attached hydrogens (tertiary/aromatic N) is 3. The lowest BCUT2D eigenvalue weighted by Crippen LogP contribution is -2.32. The third-order valence-corrected chi connectivity index (χ3v) is 6.59. The van der Waals surface area contributed by atoms with E-state index in [4.69, 9.17) is 16.3 Å². The fourth-order valence-corrected chi connectivity index (χ4v) is 4.44. The number of hydrazone groups is 1. The molecule has 0 atom stereocenters. The number of amides is 2. The maximum absolute atomic E-state index is 12.7. The summed E-state index contributed by atoms with van der Waals surface area (Å²) < 4.78 is 5.62. The zero-order chi connectivity index (χ0) is 27.2. The standard InChI is InChI=1S/C28H18ClN5O4S/c29-20-13-10-19(11-14-20)27(37)38-23-15-12-17-6-4-5-9-21(17)22(23)16-30-32-25(36)24(35)31-28-34-33-26(39-28)18-7-2-1-3-8-18/h1-16H,(H,32,36)(H,31,34,35)/b30-16-. The van der Waals surface area contributed by atoms with Crippen molar-refractivity contribution in [1.29, 1.82) is 0 Å². The Hall–Kier alpha value is -4.93. The van der Waals surface area contributed by atoms with Crippen molar-refractivity contribution in [2.75, 3.05) is 5.32 Å². The molecule has 0 fully saturated rings. The number of benzene rings is 4. The van der Waals surface area contributed by atoms with Gasteiger partial charge in [0.1, 0.15) is 10.8 Å².